The van der Waals surface area contributed by atoms with E-state index in [9.17, 15) is 19.6 Å². The van der Waals surface area contributed by atoms with Crippen molar-refractivity contribution in [2.45, 2.75) is 12.5 Å². The first kappa shape index (κ1) is 8.47. The number of hydrogen-bond donors (Lipinski definition) is 2. The summed E-state index contributed by atoms with van der Waals surface area (Å²) in [6.07, 6.45) is -0.666. The van der Waals surface area contributed by atoms with E-state index in [0.717, 1.165) is 0 Å². The lowest BCUT2D eigenvalue weighted by molar-refractivity contribution is -0.139. The topological polar surface area (TPSA) is 110 Å². The Balaban J connectivity index is 2.70. The molecule has 1 heterocycles. The van der Waals surface area contributed by atoms with Crippen molar-refractivity contribution < 1.29 is 19.5 Å². The van der Waals surface area contributed by atoms with E-state index >= 15 is 0 Å². The van der Waals surface area contributed by atoms with Crippen LogP contribution in [0.5, 0.6) is 0 Å². The second-order valence-corrected chi connectivity index (χ2v) is 2.23. The molecule has 3 amide bonds. The zero-order valence-electron chi connectivity index (χ0n) is 5.81. The molecule has 12 heavy (non-hydrogen) atoms. The molecule has 7 heteroatoms. The van der Waals surface area contributed by atoms with Gasteiger partial charge in [0.15, 0.2) is 0 Å². The monoisotopic (exact) mass is 173 g/mol. The minimum Gasteiger partial charge on any atom is -0.754 e. The van der Waals surface area contributed by atoms with Crippen LogP contribution < -0.4 is 5.32 Å². The Morgan fingerprint density at radius 3 is 2.58 bits per heavy atom. The largest absolute Gasteiger partial charge is 0.754 e. The molecule has 7 nitrogen and oxygen atoms in total. The third-order valence-corrected chi connectivity index (χ3v) is 1.38. The highest BCUT2D eigenvalue weighted by Crippen LogP contribution is 2.09. The lowest BCUT2D eigenvalue weighted by Gasteiger charge is -2.25. The van der Waals surface area contributed by atoms with Gasteiger partial charge in [-0.2, -0.15) is 0 Å². The van der Waals surface area contributed by atoms with Crippen LogP contribution in [0.1, 0.15) is 6.42 Å². The Kier molecular flexibility index (Phi) is 1.96. The van der Waals surface area contributed by atoms with Crippen LogP contribution in [-0.2, 0) is 9.59 Å². The number of aliphatic carboxylic acids is 1. The number of urea groups is 1. The molecule has 0 aromatic heterocycles. The first-order chi connectivity index (χ1) is 5.52. The molecule has 1 fully saturated rings. The van der Waals surface area contributed by atoms with Crippen molar-refractivity contribution in [1.29, 1.82) is 0 Å². The van der Waals surface area contributed by atoms with Crippen molar-refractivity contribution in [3.05, 3.63) is 5.21 Å². The zero-order chi connectivity index (χ0) is 9.30. The summed E-state index contributed by atoms with van der Waals surface area (Å²) in [5, 5.41) is 20.4. The standard InChI is InChI=1S/C5H5N2O5/c8-3(9)1-2-4(10)6-5(11)7(2)12/h2H,1H2,(H,8,9)(H,6,10,11)/q-1. The van der Waals surface area contributed by atoms with Gasteiger partial charge >= 0.3 is 12.0 Å². The van der Waals surface area contributed by atoms with E-state index in [1.807, 2.05) is 0 Å². The van der Waals surface area contributed by atoms with E-state index < -0.39 is 30.4 Å². The molecule has 0 aromatic rings. The number of carboxylic acids is 1. The maximum atomic E-state index is 10.7. The second kappa shape index (κ2) is 2.78. The molecule has 0 aromatic carbocycles. The smallest absolute Gasteiger partial charge is 0.314 e. The molecule has 1 atom stereocenters. The number of nitrogens with one attached hydrogen (secondary N) is 1. The number of imide groups is 1. The van der Waals surface area contributed by atoms with E-state index in [4.69, 9.17) is 5.11 Å². The van der Waals surface area contributed by atoms with Crippen molar-refractivity contribution in [2.24, 2.45) is 0 Å². The summed E-state index contributed by atoms with van der Waals surface area (Å²) in [7, 11) is 0. The van der Waals surface area contributed by atoms with E-state index in [2.05, 4.69) is 0 Å². The molecule has 1 saturated heterocycles. The summed E-state index contributed by atoms with van der Waals surface area (Å²) in [5.41, 5.74) is 0. The Bertz CT molecular complexity index is 250. The molecular formula is C5H5N2O5-. The van der Waals surface area contributed by atoms with E-state index in [-0.39, 0.29) is 5.06 Å². The number of carboxylic acid groups (broad SMARTS) is 1. The van der Waals surface area contributed by atoms with Crippen LogP contribution in [-0.4, -0.2) is 34.1 Å². The van der Waals surface area contributed by atoms with Crippen LogP contribution >= 0.6 is 0 Å². The summed E-state index contributed by atoms with van der Waals surface area (Å²) in [6.45, 7) is 0. The number of carbonyl (C=O) groups excluding carboxylic acids is 2. The van der Waals surface area contributed by atoms with Crippen molar-refractivity contribution in [3.8, 4) is 0 Å². The molecule has 0 saturated carbocycles. The Labute approximate surface area is 66.5 Å². The number of rotatable bonds is 2. The lowest BCUT2D eigenvalue weighted by atomic mass is 10.2. The molecule has 1 unspecified atom stereocenters. The Hall–Kier alpha value is -1.63. The highest BCUT2D eigenvalue weighted by atomic mass is 16.5. The lowest BCUT2D eigenvalue weighted by Crippen LogP contribution is -2.32. The zero-order valence-corrected chi connectivity index (χ0v) is 5.81. The van der Waals surface area contributed by atoms with Crippen LogP contribution in [0.2, 0.25) is 0 Å². The minimum absolute atomic E-state index is 0.170. The van der Waals surface area contributed by atoms with Crippen LogP contribution in [0.15, 0.2) is 0 Å². The van der Waals surface area contributed by atoms with Gasteiger partial charge in [-0.05, 0) is 0 Å². The van der Waals surface area contributed by atoms with Crippen molar-refractivity contribution in [2.75, 3.05) is 0 Å². The molecule has 0 spiro atoms. The van der Waals surface area contributed by atoms with Gasteiger partial charge in [-0.25, -0.2) is 4.79 Å². The van der Waals surface area contributed by atoms with Gasteiger partial charge < -0.3 is 15.4 Å². The molecule has 2 N–H and O–H groups in total. The number of nitrogens with zero attached hydrogens (tertiary/aromatic N) is 1. The summed E-state index contributed by atoms with van der Waals surface area (Å²) in [6, 6.07) is -2.53. The fourth-order valence-corrected chi connectivity index (χ4v) is 0.833. The first-order valence-electron chi connectivity index (χ1n) is 3.05. The van der Waals surface area contributed by atoms with E-state index in [1.165, 1.54) is 0 Å². The van der Waals surface area contributed by atoms with Gasteiger partial charge in [-0.3, -0.25) is 14.9 Å². The molecule has 1 aliphatic rings. The van der Waals surface area contributed by atoms with Gasteiger partial charge in [-0.15, -0.1) is 0 Å². The van der Waals surface area contributed by atoms with Gasteiger partial charge in [0.25, 0.3) is 5.91 Å². The highest BCUT2D eigenvalue weighted by molar-refractivity contribution is 6.05. The minimum atomic E-state index is -1.42. The summed E-state index contributed by atoms with van der Waals surface area (Å²) < 4.78 is 0. The van der Waals surface area contributed by atoms with Crippen molar-refractivity contribution in [1.82, 2.24) is 10.4 Å². The fraction of sp³-hybridized carbons (Fsp3) is 0.400. The first-order valence-corrected chi connectivity index (χ1v) is 3.05. The predicted octanol–water partition coefficient (Wildman–Crippen LogP) is -1.12. The molecular weight excluding hydrogens is 168 g/mol. The average molecular weight is 173 g/mol. The molecule has 0 radical (unpaired) electrons. The molecule has 66 valence electrons. The van der Waals surface area contributed by atoms with E-state index in [1.54, 1.807) is 5.32 Å². The van der Waals surface area contributed by atoms with Crippen LogP contribution in [0.25, 0.3) is 0 Å². The Morgan fingerprint density at radius 2 is 2.25 bits per heavy atom. The highest BCUT2D eigenvalue weighted by Gasteiger charge is 2.33. The summed E-state index contributed by atoms with van der Waals surface area (Å²) >= 11 is 0. The number of amides is 3. The SMILES string of the molecule is O=C(O)CC1C(=O)NC(=O)N1[O-]. The fourth-order valence-electron chi connectivity index (χ4n) is 0.833. The van der Waals surface area contributed by atoms with Gasteiger partial charge in [0.2, 0.25) is 0 Å². The van der Waals surface area contributed by atoms with Crippen LogP contribution in [0.4, 0.5) is 4.79 Å². The number of carbonyl (C=O) groups is 3. The average Bonchev–Trinajstić information content (AvgIpc) is 2.16. The predicted molar refractivity (Wildman–Crippen MR) is 34.8 cm³/mol. The van der Waals surface area contributed by atoms with Crippen molar-refractivity contribution >= 4 is 17.9 Å². The summed E-state index contributed by atoms with van der Waals surface area (Å²) in [5.74, 6) is -2.16. The molecule has 1 aliphatic heterocycles. The maximum Gasteiger partial charge on any atom is 0.314 e. The summed E-state index contributed by atoms with van der Waals surface area (Å²) in [4.78, 5) is 31.3. The van der Waals surface area contributed by atoms with Gasteiger partial charge in [0.1, 0.15) is 6.04 Å². The third-order valence-electron chi connectivity index (χ3n) is 1.38. The quantitative estimate of drug-likeness (QED) is 0.514. The Morgan fingerprint density at radius 1 is 1.67 bits per heavy atom. The maximum absolute atomic E-state index is 10.7. The van der Waals surface area contributed by atoms with Crippen LogP contribution in [0, 0.1) is 5.21 Å². The molecule has 0 aliphatic carbocycles. The number of hydroxylamine groups is 2. The van der Waals surface area contributed by atoms with Crippen LogP contribution in [0.3, 0.4) is 0 Å². The van der Waals surface area contributed by atoms with Gasteiger partial charge in [0, 0.05) is 0 Å². The normalized spacial score (nSPS) is 22.8. The van der Waals surface area contributed by atoms with Gasteiger partial charge in [-0.1, -0.05) is 0 Å². The molecule has 0 bridgehead atoms. The third kappa shape index (κ3) is 1.35. The number of hydrogen-bond acceptors (Lipinski definition) is 4. The second-order valence-electron chi connectivity index (χ2n) is 2.23. The van der Waals surface area contributed by atoms with Gasteiger partial charge in [0.05, 0.1) is 6.42 Å². The molecule has 1 rings (SSSR count). The van der Waals surface area contributed by atoms with E-state index in [0.29, 0.717) is 0 Å². The van der Waals surface area contributed by atoms with Crippen molar-refractivity contribution in [3.63, 3.8) is 0 Å².